The number of methoxy groups -OCH3 is 1. The van der Waals surface area contributed by atoms with E-state index in [9.17, 15) is 28.2 Å². The van der Waals surface area contributed by atoms with Crippen LogP contribution in [0.2, 0.25) is 0 Å². The highest BCUT2D eigenvalue weighted by molar-refractivity contribution is 5.84. The number of pyridine rings is 1. The van der Waals surface area contributed by atoms with Gasteiger partial charge >= 0.3 is 5.97 Å². The highest BCUT2D eigenvalue weighted by Crippen LogP contribution is 2.35. The van der Waals surface area contributed by atoms with E-state index in [4.69, 9.17) is 4.74 Å². The molecule has 0 saturated carbocycles. The normalized spacial score (nSPS) is 18.6. The summed E-state index contributed by atoms with van der Waals surface area (Å²) in [5.74, 6) is 3.13. The number of halogens is 3. The molecule has 1 aliphatic rings. The van der Waals surface area contributed by atoms with E-state index in [-0.39, 0.29) is 35.8 Å². The second-order valence-electron chi connectivity index (χ2n) is 9.60. The molecule has 3 aromatic rings. The minimum Gasteiger partial charge on any atom is -0.497 e. The fourth-order valence-corrected chi connectivity index (χ4v) is 5.16. The number of carboxylic acid groups (broad SMARTS) is 1. The molecule has 3 atom stereocenters. The number of aliphatic hydroxyl groups is 1. The molecule has 3 unspecified atom stereocenters. The predicted octanol–water partition coefficient (Wildman–Crippen LogP) is 4.94. The summed E-state index contributed by atoms with van der Waals surface area (Å²) >= 11 is 0. The molecular formula is C29H29F3N2O4. The van der Waals surface area contributed by atoms with Crippen molar-refractivity contribution in [2.75, 3.05) is 26.7 Å². The first kappa shape index (κ1) is 27.4. The standard InChI is InChI=1S/C29H29F3N2O4/c1-38-23-5-6-26-24(15-23)29(25(32)16-33-26)27(35)7-4-19-8-10-34(17-20(19)13-28(36)37)9-2-3-18-11-21(30)14-22(31)12-18/h5-6,11-12,14-16,19-20,27,35H,4,7-10,13,17H2,1H3,(H,36,37). The van der Waals surface area contributed by atoms with Crippen LogP contribution in [0.15, 0.2) is 42.6 Å². The molecule has 1 aromatic heterocycles. The summed E-state index contributed by atoms with van der Waals surface area (Å²) in [5, 5.41) is 20.9. The van der Waals surface area contributed by atoms with E-state index < -0.39 is 29.5 Å². The molecule has 0 amide bonds. The van der Waals surface area contributed by atoms with Gasteiger partial charge in [-0.05, 0) is 68.0 Å². The maximum atomic E-state index is 14.8. The second kappa shape index (κ2) is 12.3. The Kier molecular flexibility index (Phi) is 8.87. The van der Waals surface area contributed by atoms with Crippen molar-refractivity contribution in [2.45, 2.75) is 31.8 Å². The van der Waals surface area contributed by atoms with Crippen LogP contribution in [0.25, 0.3) is 10.9 Å². The average molecular weight is 527 g/mol. The Bertz CT molecular complexity index is 1350. The van der Waals surface area contributed by atoms with Gasteiger partial charge in [0.05, 0.1) is 31.5 Å². The van der Waals surface area contributed by atoms with Crippen LogP contribution >= 0.6 is 0 Å². The van der Waals surface area contributed by atoms with Gasteiger partial charge < -0.3 is 14.9 Å². The Hall–Kier alpha value is -3.61. The first-order valence-electron chi connectivity index (χ1n) is 12.4. The molecule has 1 saturated heterocycles. The Morgan fingerprint density at radius 2 is 1.95 bits per heavy atom. The molecule has 1 fully saturated rings. The third-order valence-corrected chi connectivity index (χ3v) is 7.02. The Morgan fingerprint density at radius 1 is 1.18 bits per heavy atom. The molecule has 38 heavy (non-hydrogen) atoms. The highest BCUT2D eigenvalue weighted by Gasteiger charge is 2.31. The minimum atomic E-state index is -1.09. The van der Waals surface area contributed by atoms with Gasteiger partial charge in [-0.3, -0.25) is 14.7 Å². The van der Waals surface area contributed by atoms with Crippen molar-refractivity contribution in [3.8, 4) is 17.6 Å². The lowest BCUT2D eigenvalue weighted by Crippen LogP contribution is -2.41. The third kappa shape index (κ3) is 6.82. The smallest absolute Gasteiger partial charge is 0.303 e. The van der Waals surface area contributed by atoms with Crippen LogP contribution in [0, 0.1) is 41.1 Å². The number of aliphatic hydroxyl groups excluding tert-OH is 1. The first-order valence-corrected chi connectivity index (χ1v) is 12.4. The molecule has 2 aromatic carbocycles. The molecule has 200 valence electrons. The van der Waals surface area contributed by atoms with Gasteiger partial charge in [-0.25, -0.2) is 13.2 Å². The van der Waals surface area contributed by atoms with Gasteiger partial charge in [0.15, 0.2) is 0 Å². The zero-order valence-electron chi connectivity index (χ0n) is 21.0. The molecule has 2 heterocycles. The van der Waals surface area contributed by atoms with Crippen LogP contribution < -0.4 is 4.74 Å². The fraction of sp³-hybridized carbons (Fsp3) is 0.379. The number of nitrogens with zero attached hydrogens (tertiary/aromatic N) is 2. The predicted molar refractivity (Wildman–Crippen MR) is 136 cm³/mol. The number of aliphatic carboxylic acids is 1. The summed E-state index contributed by atoms with van der Waals surface area (Å²) in [5.41, 5.74) is 0.938. The van der Waals surface area contributed by atoms with Gasteiger partial charge in [0.1, 0.15) is 23.2 Å². The van der Waals surface area contributed by atoms with E-state index in [1.54, 1.807) is 18.2 Å². The summed E-state index contributed by atoms with van der Waals surface area (Å²) < 4.78 is 46.7. The molecular weight excluding hydrogens is 497 g/mol. The maximum Gasteiger partial charge on any atom is 0.303 e. The summed E-state index contributed by atoms with van der Waals surface area (Å²) in [6.07, 6.45) is 1.44. The van der Waals surface area contributed by atoms with Crippen molar-refractivity contribution < 1.29 is 32.9 Å². The van der Waals surface area contributed by atoms with E-state index in [0.29, 0.717) is 49.1 Å². The van der Waals surface area contributed by atoms with E-state index in [1.807, 2.05) is 4.90 Å². The highest BCUT2D eigenvalue weighted by atomic mass is 19.1. The van der Waals surface area contributed by atoms with Crippen LogP contribution in [0.1, 0.15) is 42.9 Å². The van der Waals surface area contributed by atoms with Gasteiger partial charge in [0, 0.05) is 35.5 Å². The zero-order chi connectivity index (χ0) is 27.2. The topological polar surface area (TPSA) is 82.9 Å². The number of fused-ring (bicyclic) bond motifs is 1. The van der Waals surface area contributed by atoms with Crippen molar-refractivity contribution >= 4 is 16.9 Å². The Labute approximate surface area is 219 Å². The molecule has 0 spiro atoms. The molecule has 0 aliphatic carbocycles. The van der Waals surface area contributed by atoms with Crippen LogP contribution in [0.5, 0.6) is 5.75 Å². The van der Waals surface area contributed by atoms with Crippen molar-refractivity contribution in [1.29, 1.82) is 0 Å². The summed E-state index contributed by atoms with van der Waals surface area (Å²) in [4.78, 5) is 17.7. The van der Waals surface area contributed by atoms with E-state index in [1.165, 1.54) is 7.11 Å². The quantitative estimate of drug-likeness (QED) is 0.405. The molecule has 4 rings (SSSR count). The molecule has 0 radical (unpaired) electrons. The van der Waals surface area contributed by atoms with Crippen LogP contribution in [0.4, 0.5) is 13.2 Å². The number of hydrogen-bond acceptors (Lipinski definition) is 5. The monoisotopic (exact) mass is 526 g/mol. The van der Waals surface area contributed by atoms with Gasteiger partial charge in [-0.1, -0.05) is 11.8 Å². The third-order valence-electron chi connectivity index (χ3n) is 7.02. The molecule has 2 N–H and O–H groups in total. The van der Waals surface area contributed by atoms with E-state index in [0.717, 1.165) is 24.4 Å². The number of piperidine rings is 1. The lowest BCUT2D eigenvalue weighted by atomic mass is 9.79. The van der Waals surface area contributed by atoms with Crippen LogP contribution in [-0.4, -0.2) is 52.8 Å². The molecule has 1 aliphatic heterocycles. The van der Waals surface area contributed by atoms with Crippen molar-refractivity contribution in [2.24, 2.45) is 11.8 Å². The lowest BCUT2D eigenvalue weighted by Gasteiger charge is -2.37. The lowest BCUT2D eigenvalue weighted by molar-refractivity contribution is -0.139. The largest absolute Gasteiger partial charge is 0.497 e. The number of ether oxygens (including phenoxy) is 1. The first-order chi connectivity index (χ1) is 18.2. The maximum absolute atomic E-state index is 14.8. The fourth-order valence-electron chi connectivity index (χ4n) is 5.16. The number of benzene rings is 2. The number of carbonyl (C=O) groups is 1. The summed E-state index contributed by atoms with van der Waals surface area (Å²) in [7, 11) is 1.51. The second-order valence-corrected chi connectivity index (χ2v) is 9.60. The van der Waals surface area contributed by atoms with Crippen LogP contribution in [0.3, 0.4) is 0 Å². The zero-order valence-corrected chi connectivity index (χ0v) is 21.0. The van der Waals surface area contributed by atoms with Gasteiger partial charge in [-0.15, -0.1) is 0 Å². The van der Waals surface area contributed by atoms with Gasteiger partial charge in [-0.2, -0.15) is 0 Å². The number of carboxylic acids is 1. The minimum absolute atomic E-state index is 0.0213. The van der Waals surface area contributed by atoms with E-state index >= 15 is 0 Å². The van der Waals surface area contributed by atoms with Crippen molar-refractivity contribution in [3.05, 3.63) is 71.2 Å². The number of rotatable bonds is 8. The van der Waals surface area contributed by atoms with Gasteiger partial charge in [0.25, 0.3) is 0 Å². The number of likely N-dealkylation sites (tertiary alicyclic amines) is 1. The van der Waals surface area contributed by atoms with Crippen molar-refractivity contribution in [3.63, 3.8) is 0 Å². The number of hydrogen-bond donors (Lipinski definition) is 2. The molecule has 6 nitrogen and oxygen atoms in total. The SMILES string of the molecule is COc1ccc2ncc(F)c(C(O)CCC3CCN(CC#Cc4cc(F)cc(F)c4)CC3CC(=O)O)c2c1. The average Bonchev–Trinajstić information content (AvgIpc) is 2.86. The van der Waals surface area contributed by atoms with E-state index in [2.05, 4.69) is 16.8 Å². The summed E-state index contributed by atoms with van der Waals surface area (Å²) in [6.45, 7) is 1.48. The molecule has 9 heteroatoms. The van der Waals surface area contributed by atoms with Crippen LogP contribution in [-0.2, 0) is 4.79 Å². The molecule has 0 bridgehead atoms. The Balaban J connectivity index is 1.42. The Morgan fingerprint density at radius 3 is 2.66 bits per heavy atom. The van der Waals surface area contributed by atoms with Gasteiger partial charge in [0.2, 0.25) is 0 Å². The summed E-state index contributed by atoms with van der Waals surface area (Å²) in [6, 6.07) is 8.17. The number of aromatic nitrogens is 1. The van der Waals surface area contributed by atoms with Crippen molar-refractivity contribution in [1.82, 2.24) is 9.88 Å².